The second-order valence-electron chi connectivity index (χ2n) is 7.12. The van der Waals surface area contributed by atoms with Crippen LogP contribution >= 0.6 is 11.3 Å². The van der Waals surface area contributed by atoms with Gasteiger partial charge in [-0.3, -0.25) is 24.0 Å². The van der Waals surface area contributed by atoms with Crippen molar-refractivity contribution in [2.75, 3.05) is 18.5 Å². The van der Waals surface area contributed by atoms with Gasteiger partial charge in [0, 0.05) is 23.2 Å². The summed E-state index contributed by atoms with van der Waals surface area (Å²) in [6.07, 6.45) is -0.102. The Balaban J connectivity index is 1.33. The highest BCUT2D eigenvalue weighted by Gasteiger charge is 2.31. The normalized spacial score (nSPS) is 11.9. The van der Waals surface area contributed by atoms with Crippen molar-refractivity contribution in [2.24, 2.45) is 0 Å². The molecule has 0 atom stereocenters. The second-order valence-corrected chi connectivity index (χ2v) is 8.07. The predicted octanol–water partition coefficient (Wildman–Crippen LogP) is 2.83. The summed E-state index contributed by atoms with van der Waals surface area (Å²) in [5.41, 5.74) is 1.07. The Hall–Kier alpha value is -4.11. The van der Waals surface area contributed by atoms with Crippen LogP contribution in [0.4, 0.5) is 5.69 Å². The van der Waals surface area contributed by atoms with E-state index in [-0.39, 0.29) is 52.8 Å². The van der Waals surface area contributed by atoms with Gasteiger partial charge < -0.3 is 15.4 Å². The van der Waals surface area contributed by atoms with Crippen molar-refractivity contribution in [1.82, 2.24) is 5.32 Å². The fourth-order valence-corrected chi connectivity index (χ4v) is 4.07. The maximum absolute atomic E-state index is 13.0. The molecule has 2 amide bonds. The van der Waals surface area contributed by atoms with Gasteiger partial charge in [-0.15, -0.1) is 11.3 Å². The quantitative estimate of drug-likeness (QED) is 0.408. The third-order valence-corrected chi connectivity index (χ3v) is 5.82. The van der Waals surface area contributed by atoms with Gasteiger partial charge in [-0.1, -0.05) is 42.5 Å². The van der Waals surface area contributed by atoms with Gasteiger partial charge in [0.1, 0.15) is 0 Å². The number of rotatable bonds is 7. The van der Waals surface area contributed by atoms with Crippen LogP contribution in [0.3, 0.4) is 0 Å². The van der Waals surface area contributed by atoms with Crippen LogP contribution in [0.15, 0.2) is 60.0 Å². The van der Waals surface area contributed by atoms with E-state index in [9.17, 15) is 24.0 Å². The molecule has 1 aliphatic rings. The standard InChI is InChI=1S/C24H18N2O6S/c27-19(13-32-20(28)10-11-25-24(31)18-9-4-12-33-18)26-17-8-3-7-16-21(17)23(30)15-6-2-1-5-14(15)22(16)29/h1-9,12H,10-11,13H2,(H,25,31)(H,26,27). The van der Waals surface area contributed by atoms with Crippen molar-refractivity contribution in [1.29, 1.82) is 0 Å². The lowest BCUT2D eigenvalue weighted by Crippen LogP contribution is -2.28. The van der Waals surface area contributed by atoms with Crippen LogP contribution in [0.1, 0.15) is 47.9 Å². The molecule has 0 unspecified atom stereocenters. The average Bonchev–Trinajstić information content (AvgIpc) is 3.36. The van der Waals surface area contributed by atoms with Crippen LogP contribution in [0, 0.1) is 0 Å². The van der Waals surface area contributed by atoms with Gasteiger partial charge in [0.15, 0.2) is 18.2 Å². The van der Waals surface area contributed by atoms with E-state index >= 15 is 0 Å². The van der Waals surface area contributed by atoms with Gasteiger partial charge in [-0.05, 0) is 17.5 Å². The number of esters is 1. The molecule has 3 aromatic rings. The van der Waals surface area contributed by atoms with E-state index < -0.39 is 18.5 Å². The highest BCUT2D eigenvalue weighted by molar-refractivity contribution is 7.12. The van der Waals surface area contributed by atoms with Gasteiger partial charge in [-0.2, -0.15) is 0 Å². The van der Waals surface area contributed by atoms with Gasteiger partial charge in [0.05, 0.1) is 22.5 Å². The molecule has 1 heterocycles. The Morgan fingerprint density at radius 1 is 0.848 bits per heavy atom. The first-order chi connectivity index (χ1) is 16.0. The van der Waals surface area contributed by atoms with Crippen molar-refractivity contribution in [3.05, 3.63) is 87.1 Å². The van der Waals surface area contributed by atoms with Crippen molar-refractivity contribution in [3.8, 4) is 0 Å². The Morgan fingerprint density at radius 3 is 2.30 bits per heavy atom. The summed E-state index contributed by atoms with van der Waals surface area (Å²) in [5, 5.41) is 6.91. The minimum Gasteiger partial charge on any atom is -0.456 e. The molecule has 0 bridgehead atoms. The largest absolute Gasteiger partial charge is 0.456 e. The first kappa shape index (κ1) is 22.1. The van der Waals surface area contributed by atoms with Crippen LogP contribution < -0.4 is 10.6 Å². The van der Waals surface area contributed by atoms with Crippen LogP contribution in [0.25, 0.3) is 0 Å². The molecule has 2 aromatic carbocycles. The van der Waals surface area contributed by atoms with E-state index in [1.165, 1.54) is 23.5 Å². The molecular formula is C24H18N2O6S. The Labute approximate surface area is 192 Å². The lowest BCUT2D eigenvalue weighted by Gasteiger charge is -2.20. The van der Waals surface area contributed by atoms with E-state index in [2.05, 4.69) is 10.6 Å². The van der Waals surface area contributed by atoms with E-state index in [1.807, 2.05) is 0 Å². The molecule has 0 spiro atoms. The van der Waals surface area contributed by atoms with Crippen molar-refractivity contribution >= 4 is 46.4 Å². The summed E-state index contributed by atoms with van der Waals surface area (Å²) in [4.78, 5) is 62.3. The highest BCUT2D eigenvalue weighted by Crippen LogP contribution is 2.31. The van der Waals surface area contributed by atoms with Crippen molar-refractivity contribution < 1.29 is 28.7 Å². The second kappa shape index (κ2) is 9.58. The molecule has 8 nitrogen and oxygen atoms in total. The van der Waals surface area contributed by atoms with Gasteiger partial charge in [0.25, 0.3) is 11.8 Å². The third-order valence-electron chi connectivity index (χ3n) is 4.95. The lowest BCUT2D eigenvalue weighted by atomic mass is 9.83. The summed E-state index contributed by atoms with van der Waals surface area (Å²) in [6.45, 7) is -0.500. The zero-order valence-corrected chi connectivity index (χ0v) is 18.1. The summed E-state index contributed by atoms with van der Waals surface area (Å²) in [5.74, 6) is -2.27. The lowest BCUT2D eigenvalue weighted by molar-refractivity contribution is -0.147. The van der Waals surface area contributed by atoms with Gasteiger partial charge in [0.2, 0.25) is 0 Å². The number of carbonyl (C=O) groups excluding carboxylic acids is 5. The Kier molecular flexibility index (Phi) is 6.41. The maximum Gasteiger partial charge on any atom is 0.308 e. The maximum atomic E-state index is 13.0. The van der Waals surface area contributed by atoms with E-state index in [4.69, 9.17) is 4.74 Å². The Bertz CT molecular complexity index is 1270. The Morgan fingerprint density at radius 2 is 1.58 bits per heavy atom. The minimum atomic E-state index is -0.660. The molecule has 2 N–H and O–H groups in total. The number of benzene rings is 2. The number of thiophene rings is 1. The SMILES string of the molecule is O=C(COC(=O)CCNC(=O)c1cccs1)Nc1cccc2c1C(=O)c1ccccc1C2=O. The fourth-order valence-electron chi connectivity index (χ4n) is 3.43. The number of amides is 2. The third kappa shape index (κ3) is 4.73. The molecule has 0 fully saturated rings. The minimum absolute atomic E-state index is 0.0689. The van der Waals surface area contributed by atoms with Crippen LogP contribution in [0.5, 0.6) is 0 Å². The van der Waals surface area contributed by atoms with Crippen molar-refractivity contribution in [2.45, 2.75) is 6.42 Å². The van der Waals surface area contributed by atoms with Crippen molar-refractivity contribution in [3.63, 3.8) is 0 Å². The summed E-state index contributed by atoms with van der Waals surface area (Å²) >= 11 is 1.28. The number of hydrogen-bond acceptors (Lipinski definition) is 7. The molecule has 0 saturated carbocycles. The van der Waals surface area contributed by atoms with Gasteiger partial charge >= 0.3 is 5.97 Å². The first-order valence-corrected chi connectivity index (χ1v) is 10.9. The smallest absolute Gasteiger partial charge is 0.308 e. The molecule has 0 aliphatic heterocycles. The zero-order chi connectivity index (χ0) is 23.4. The molecule has 9 heteroatoms. The number of fused-ring (bicyclic) bond motifs is 2. The fraction of sp³-hybridized carbons (Fsp3) is 0.125. The first-order valence-electron chi connectivity index (χ1n) is 10.0. The molecule has 33 heavy (non-hydrogen) atoms. The summed E-state index contributed by atoms with van der Waals surface area (Å²) < 4.78 is 4.95. The molecular weight excluding hydrogens is 444 g/mol. The molecule has 1 aliphatic carbocycles. The van der Waals surface area contributed by atoms with Gasteiger partial charge in [-0.25, -0.2) is 0 Å². The number of nitrogens with one attached hydrogen (secondary N) is 2. The predicted molar refractivity (Wildman–Crippen MR) is 121 cm³/mol. The topological polar surface area (TPSA) is 119 Å². The number of anilines is 1. The zero-order valence-electron chi connectivity index (χ0n) is 17.3. The van der Waals surface area contributed by atoms with Crippen LogP contribution in [-0.2, 0) is 14.3 Å². The number of ether oxygens (including phenoxy) is 1. The molecule has 0 radical (unpaired) electrons. The van der Waals surface area contributed by atoms with Crippen LogP contribution in [0.2, 0.25) is 0 Å². The summed E-state index contributed by atoms with van der Waals surface area (Å²) in [6, 6.07) is 14.5. The monoisotopic (exact) mass is 462 g/mol. The molecule has 0 saturated heterocycles. The number of ketones is 2. The number of hydrogen-bond donors (Lipinski definition) is 2. The highest BCUT2D eigenvalue weighted by atomic mass is 32.1. The summed E-state index contributed by atoms with van der Waals surface area (Å²) in [7, 11) is 0. The number of carbonyl (C=O) groups is 5. The average molecular weight is 462 g/mol. The van der Waals surface area contributed by atoms with E-state index in [0.29, 0.717) is 10.4 Å². The molecule has 166 valence electrons. The molecule has 4 rings (SSSR count). The van der Waals surface area contributed by atoms with Crippen LogP contribution in [-0.4, -0.2) is 42.5 Å². The van der Waals surface area contributed by atoms with E-state index in [0.717, 1.165) is 0 Å². The molecule has 1 aromatic heterocycles. The van der Waals surface area contributed by atoms with E-state index in [1.54, 1.807) is 47.8 Å².